The van der Waals surface area contributed by atoms with Crippen molar-refractivity contribution in [2.75, 3.05) is 27.4 Å². The maximum atomic E-state index is 11.8. The van der Waals surface area contributed by atoms with Gasteiger partial charge in [-0.3, -0.25) is 0 Å². The van der Waals surface area contributed by atoms with Crippen LogP contribution in [0.1, 0.15) is 12.5 Å². The smallest absolute Gasteiger partial charge is 0.345 e. The third-order valence-electron chi connectivity index (χ3n) is 3.67. The number of hydrogen-bond donors (Lipinski definition) is 0. The average molecular weight is 412 g/mol. The predicted octanol–water partition coefficient (Wildman–Crippen LogP) is 2.29. The second-order valence-electron chi connectivity index (χ2n) is 5.81. The Balaban J connectivity index is 3.20. The molecule has 1 rings (SSSR count). The molecule has 0 saturated carbocycles. The van der Waals surface area contributed by atoms with Crippen molar-refractivity contribution in [3.05, 3.63) is 71.5 Å². The number of ether oxygens (including phenoxy) is 3. The van der Waals surface area contributed by atoms with Gasteiger partial charge in [0.1, 0.15) is 11.6 Å². The molecular weight excluding hydrogens is 388 g/mol. The highest BCUT2D eigenvalue weighted by molar-refractivity contribution is 6.14. The minimum absolute atomic E-state index is 0.0289. The Morgan fingerprint density at radius 1 is 1.10 bits per heavy atom. The zero-order valence-corrected chi connectivity index (χ0v) is 17.2. The fourth-order valence-electron chi connectivity index (χ4n) is 2.33. The molecule has 0 saturated heterocycles. The zero-order chi connectivity index (χ0) is 22.4. The van der Waals surface area contributed by atoms with Crippen LogP contribution >= 0.6 is 0 Å². The second kappa shape index (κ2) is 13.3. The first kappa shape index (κ1) is 24.2. The van der Waals surface area contributed by atoms with Crippen LogP contribution in [0.5, 0.6) is 0 Å². The van der Waals surface area contributed by atoms with Crippen LogP contribution in [-0.4, -0.2) is 50.2 Å². The summed E-state index contributed by atoms with van der Waals surface area (Å²) in [6.45, 7) is 2.67. The molecule has 8 nitrogen and oxygen atoms in total. The molecule has 0 spiro atoms. The van der Waals surface area contributed by atoms with E-state index in [2.05, 4.69) is 9.47 Å². The normalized spacial score (nSPS) is 10.7. The van der Waals surface area contributed by atoms with Crippen molar-refractivity contribution in [3.63, 3.8) is 0 Å². The lowest BCUT2D eigenvalue weighted by molar-refractivity contribution is -0.144. The van der Waals surface area contributed by atoms with Gasteiger partial charge >= 0.3 is 17.9 Å². The molecule has 0 aliphatic heterocycles. The summed E-state index contributed by atoms with van der Waals surface area (Å²) >= 11 is 0. The Bertz CT molecular complexity index is 847. The number of methoxy groups -OCH3 is 2. The number of hydrogen-bond acceptors (Lipinski definition) is 8. The Hall–Kier alpha value is -3.86. The van der Waals surface area contributed by atoms with Gasteiger partial charge in [0.2, 0.25) is 0 Å². The summed E-state index contributed by atoms with van der Waals surface area (Å²) in [5, 5.41) is 9.50. The highest BCUT2D eigenvalue weighted by Crippen LogP contribution is 2.11. The summed E-state index contributed by atoms with van der Waals surface area (Å²) in [6.07, 6.45) is 5.47. The van der Waals surface area contributed by atoms with Crippen molar-refractivity contribution in [1.82, 2.24) is 4.90 Å². The molecule has 0 bridgehead atoms. The number of carbonyl (C=O) groups excluding carboxylic acids is 3. The monoisotopic (exact) mass is 412 g/mol. The molecule has 30 heavy (non-hydrogen) atoms. The number of nitrogens with zero attached hydrogens (tertiary/aromatic N) is 2. The number of benzene rings is 1. The van der Waals surface area contributed by atoms with Gasteiger partial charge in [0, 0.05) is 25.4 Å². The number of allylic oxidation sites excluding steroid dienone is 2. The molecule has 0 aliphatic carbocycles. The van der Waals surface area contributed by atoms with E-state index in [0.717, 1.165) is 25.9 Å². The molecule has 1 aromatic rings. The van der Waals surface area contributed by atoms with Gasteiger partial charge in [-0.15, -0.1) is 0 Å². The quantitative estimate of drug-likeness (QED) is 0.110. The lowest BCUT2D eigenvalue weighted by Crippen LogP contribution is -2.19. The van der Waals surface area contributed by atoms with Crippen LogP contribution in [0.25, 0.3) is 0 Å². The molecule has 0 unspecified atom stereocenters. The topological polar surface area (TPSA) is 106 Å². The van der Waals surface area contributed by atoms with Crippen molar-refractivity contribution < 1.29 is 28.6 Å². The van der Waals surface area contributed by atoms with E-state index in [1.54, 1.807) is 17.9 Å². The van der Waals surface area contributed by atoms with E-state index in [1.807, 2.05) is 36.4 Å². The van der Waals surface area contributed by atoms with Gasteiger partial charge in [-0.2, -0.15) is 5.26 Å². The van der Waals surface area contributed by atoms with Crippen LogP contribution in [0.4, 0.5) is 0 Å². The number of carbonyl (C=O) groups is 3. The first-order chi connectivity index (χ1) is 14.4. The Labute approximate surface area is 175 Å². The van der Waals surface area contributed by atoms with Crippen LogP contribution in [0.3, 0.4) is 0 Å². The van der Waals surface area contributed by atoms with E-state index >= 15 is 0 Å². The molecule has 0 aliphatic rings. The number of rotatable bonds is 10. The maximum absolute atomic E-state index is 11.8. The number of esters is 3. The van der Waals surface area contributed by atoms with Gasteiger partial charge in [0.25, 0.3) is 0 Å². The third kappa shape index (κ3) is 8.44. The Morgan fingerprint density at radius 3 is 2.27 bits per heavy atom. The second-order valence-corrected chi connectivity index (χ2v) is 5.81. The van der Waals surface area contributed by atoms with E-state index in [1.165, 1.54) is 12.3 Å². The van der Waals surface area contributed by atoms with Crippen LogP contribution in [0, 0.1) is 11.3 Å². The molecule has 0 radical (unpaired) electrons. The summed E-state index contributed by atoms with van der Waals surface area (Å²) in [5.74, 6) is -2.31. The fourth-order valence-corrected chi connectivity index (χ4v) is 2.33. The van der Waals surface area contributed by atoms with Gasteiger partial charge in [-0.05, 0) is 18.6 Å². The zero-order valence-electron chi connectivity index (χ0n) is 17.2. The van der Waals surface area contributed by atoms with Crippen molar-refractivity contribution >= 4 is 17.9 Å². The van der Waals surface area contributed by atoms with Crippen molar-refractivity contribution in [2.24, 2.45) is 0 Å². The predicted molar refractivity (Wildman–Crippen MR) is 108 cm³/mol. The molecule has 0 atom stereocenters. The minimum atomic E-state index is -0.917. The van der Waals surface area contributed by atoms with E-state index in [-0.39, 0.29) is 18.7 Å². The summed E-state index contributed by atoms with van der Waals surface area (Å²) in [5.41, 5.74) is 0.580. The molecule has 0 fully saturated rings. The summed E-state index contributed by atoms with van der Waals surface area (Å²) in [4.78, 5) is 36.9. The Morgan fingerprint density at radius 2 is 1.73 bits per heavy atom. The molecular formula is C22H24N2O6. The largest absolute Gasteiger partial charge is 0.465 e. The summed E-state index contributed by atoms with van der Waals surface area (Å²) < 4.78 is 14.0. The minimum Gasteiger partial charge on any atom is -0.465 e. The molecule has 8 heteroatoms. The van der Waals surface area contributed by atoms with Crippen molar-refractivity contribution in [1.29, 1.82) is 5.26 Å². The van der Waals surface area contributed by atoms with Gasteiger partial charge in [0.05, 0.1) is 26.4 Å². The van der Waals surface area contributed by atoms with Crippen molar-refractivity contribution in [3.8, 4) is 6.07 Å². The molecule has 1 aromatic carbocycles. The molecule has 0 N–H and O–H groups in total. The average Bonchev–Trinajstić information content (AvgIpc) is 2.76. The first-order valence-corrected chi connectivity index (χ1v) is 9.06. The molecule has 0 amide bonds. The fraction of sp³-hybridized carbons (Fsp3) is 0.273. The summed E-state index contributed by atoms with van der Waals surface area (Å²) in [7, 11) is 2.24. The lowest BCUT2D eigenvalue weighted by Gasteiger charge is -2.19. The van der Waals surface area contributed by atoms with Crippen LogP contribution in [0.15, 0.2) is 65.9 Å². The highest BCUT2D eigenvalue weighted by Gasteiger charge is 2.20. The molecule has 158 valence electrons. The Kier molecular flexibility index (Phi) is 10.8. The van der Waals surface area contributed by atoms with E-state index < -0.39 is 23.5 Å². The van der Waals surface area contributed by atoms with Crippen LogP contribution < -0.4 is 0 Å². The van der Waals surface area contributed by atoms with Gasteiger partial charge < -0.3 is 19.1 Å². The highest BCUT2D eigenvalue weighted by atomic mass is 16.5. The third-order valence-corrected chi connectivity index (χ3v) is 3.67. The van der Waals surface area contributed by atoms with E-state index in [9.17, 15) is 19.6 Å². The molecule has 0 heterocycles. The van der Waals surface area contributed by atoms with Gasteiger partial charge in [0.15, 0.2) is 0 Å². The van der Waals surface area contributed by atoms with E-state index in [0.29, 0.717) is 6.54 Å². The number of nitriles is 1. The van der Waals surface area contributed by atoms with Crippen LogP contribution in [0.2, 0.25) is 0 Å². The maximum Gasteiger partial charge on any atom is 0.345 e. The standard InChI is InChI=1S/C22H24N2O6/c1-4-30-20(25)11-8-12-24(15-17-9-6-5-7-10-17)16-18(14-23)13-19(21(26)28-2)22(27)29-3/h5-11,13,16H,4,12,15H2,1-3H3/b11-8-,18-16+. The van der Waals surface area contributed by atoms with E-state index in [4.69, 9.17) is 4.74 Å². The lowest BCUT2D eigenvalue weighted by atomic mass is 10.1. The first-order valence-electron chi connectivity index (χ1n) is 9.06. The summed E-state index contributed by atoms with van der Waals surface area (Å²) in [6, 6.07) is 11.4. The van der Waals surface area contributed by atoms with Crippen molar-refractivity contribution in [2.45, 2.75) is 13.5 Å². The van der Waals surface area contributed by atoms with Gasteiger partial charge in [-0.25, -0.2) is 14.4 Å². The van der Waals surface area contributed by atoms with Crippen LogP contribution in [-0.2, 0) is 35.1 Å². The SMILES string of the molecule is CCOC(=O)/C=C\CN(/C=C(/C#N)C=C(C(=O)OC)C(=O)OC)Cc1ccccc1. The molecule has 0 aromatic heterocycles. The van der Waals surface area contributed by atoms with Gasteiger partial charge in [-0.1, -0.05) is 36.4 Å².